The van der Waals surface area contributed by atoms with Crippen LogP contribution in [0.15, 0.2) is 42.7 Å². The monoisotopic (exact) mass is 281 g/mol. The molecule has 1 amide bonds. The van der Waals surface area contributed by atoms with E-state index in [4.69, 9.17) is 5.73 Å². The first-order valence-corrected chi connectivity index (χ1v) is 5.56. The molecule has 0 bridgehead atoms. The van der Waals surface area contributed by atoms with Gasteiger partial charge in [-0.1, -0.05) is 0 Å². The summed E-state index contributed by atoms with van der Waals surface area (Å²) in [6.45, 7) is 0. The van der Waals surface area contributed by atoms with Crippen molar-refractivity contribution in [3.05, 3.63) is 53.9 Å². The molecule has 0 aliphatic carbocycles. The van der Waals surface area contributed by atoms with Gasteiger partial charge in [-0.05, 0) is 30.3 Å². The Kier molecular flexibility index (Phi) is 3.60. The van der Waals surface area contributed by atoms with E-state index in [-0.39, 0.29) is 11.4 Å². The fourth-order valence-electron chi connectivity index (χ4n) is 1.55. The molecule has 0 spiro atoms. The minimum absolute atomic E-state index is 0.125. The molecule has 1 heterocycles. The lowest BCUT2D eigenvalue weighted by molar-refractivity contribution is -0.137. The number of nitrogens with two attached hydrogens (primary N) is 1. The average Bonchev–Trinajstić information content (AvgIpc) is 2.41. The van der Waals surface area contributed by atoms with Gasteiger partial charge in [0.2, 0.25) is 0 Å². The van der Waals surface area contributed by atoms with E-state index in [9.17, 15) is 18.0 Å². The number of nitrogens with zero attached hydrogens (tertiary/aromatic N) is 1. The predicted octanol–water partition coefficient (Wildman–Crippen LogP) is 2.93. The lowest BCUT2D eigenvalue weighted by Gasteiger charge is -2.11. The molecule has 3 N–H and O–H groups in total. The molecule has 7 heteroatoms. The second kappa shape index (κ2) is 5.20. The molecule has 104 valence electrons. The van der Waals surface area contributed by atoms with E-state index in [1.807, 2.05) is 0 Å². The van der Waals surface area contributed by atoms with Crippen molar-refractivity contribution in [2.24, 2.45) is 0 Å². The number of halogens is 3. The van der Waals surface area contributed by atoms with E-state index in [0.717, 1.165) is 18.2 Å². The molecule has 0 fully saturated rings. The number of aromatic nitrogens is 1. The molecule has 1 aromatic heterocycles. The Morgan fingerprint density at radius 3 is 2.35 bits per heavy atom. The molecule has 0 unspecified atom stereocenters. The minimum atomic E-state index is -4.47. The SMILES string of the molecule is Nc1cc(C(F)(F)F)ccc1NC(=O)c1ccncc1. The number of alkyl halides is 3. The maximum absolute atomic E-state index is 12.5. The van der Waals surface area contributed by atoms with E-state index in [2.05, 4.69) is 10.3 Å². The van der Waals surface area contributed by atoms with Gasteiger partial charge in [-0.15, -0.1) is 0 Å². The van der Waals surface area contributed by atoms with Crippen molar-refractivity contribution in [1.29, 1.82) is 0 Å². The zero-order chi connectivity index (χ0) is 14.8. The van der Waals surface area contributed by atoms with Gasteiger partial charge in [-0.25, -0.2) is 0 Å². The first-order valence-electron chi connectivity index (χ1n) is 5.56. The Bertz CT molecular complexity index is 627. The fourth-order valence-corrected chi connectivity index (χ4v) is 1.55. The van der Waals surface area contributed by atoms with Crippen molar-refractivity contribution in [1.82, 2.24) is 4.98 Å². The fraction of sp³-hybridized carbons (Fsp3) is 0.0769. The number of nitrogens with one attached hydrogen (secondary N) is 1. The third kappa shape index (κ3) is 3.05. The van der Waals surface area contributed by atoms with Crippen LogP contribution in [-0.4, -0.2) is 10.9 Å². The molecule has 2 rings (SSSR count). The Balaban J connectivity index is 2.21. The number of nitrogen functional groups attached to an aromatic ring is 1. The van der Waals surface area contributed by atoms with Crippen LogP contribution in [-0.2, 0) is 6.18 Å². The Morgan fingerprint density at radius 1 is 1.15 bits per heavy atom. The van der Waals surface area contributed by atoms with Crippen LogP contribution in [0.25, 0.3) is 0 Å². The standard InChI is InChI=1S/C13H10F3N3O/c14-13(15,16)9-1-2-11(10(17)7-9)19-12(20)8-3-5-18-6-4-8/h1-7H,17H2,(H,19,20). The summed E-state index contributed by atoms with van der Waals surface area (Å²) in [5.41, 5.74) is 4.96. The van der Waals surface area contributed by atoms with Crippen molar-refractivity contribution < 1.29 is 18.0 Å². The molecule has 0 atom stereocenters. The summed E-state index contributed by atoms with van der Waals surface area (Å²) in [5, 5.41) is 2.45. The van der Waals surface area contributed by atoms with Crippen LogP contribution in [0.3, 0.4) is 0 Å². The predicted molar refractivity (Wildman–Crippen MR) is 68.0 cm³/mol. The molecule has 0 radical (unpaired) electrons. The van der Waals surface area contributed by atoms with E-state index < -0.39 is 17.6 Å². The van der Waals surface area contributed by atoms with E-state index in [1.165, 1.54) is 24.5 Å². The Hall–Kier alpha value is -2.57. The zero-order valence-corrected chi connectivity index (χ0v) is 10.1. The third-order valence-electron chi connectivity index (χ3n) is 2.57. The molecule has 1 aromatic carbocycles. The van der Waals surface area contributed by atoms with Crippen molar-refractivity contribution in [2.75, 3.05) is 11.1 Å². The molecular formula is C13H10F3N3O. The molecule has 0 aliphatic rings. The number of hydrogen-bond donors (Lipinski definition) is 2. The number of carbonyl (C=O) groups is 1. The molecule has 4 nitrogen and oxygen atoms in total. The van der Waals surface area contributed by atoms with Crippen molar-refractivity contribution in [3.63, 3.8) is 0 Å². The first-order chi connectivity index (χ1) is 9.38. The van der Waals surface area contributed by atoms with Crippen LogP contribution in [0.5, 0.6) is 0 Å². The van der Waals surface area contributed by atoms with Crippen molar-refractivity contribution >= 4 is 17.3 Å². The summed E-state index contributed by atoms with van der Waals surface area (Å²) in [7, 11) is 0. The smallest absolute Gasteiger partial charge is 0.397 e. The van der Waals surface area contributed by atoms with Crippen LogP contribution >= 0.6 is 0 Å². The van der Waals surface area contributed by atoms with Crippen LogP contribution in [0.1, 0.15) is 15.9 Å². The largest absolute Gasteiger partial charge is 0.416 e. The minimum Gasteiger partial charge on any atom is -0.397 e. The van der Waals surface area contributed by atoms with Gasteiger partial charge in [-0.2, -0.15) is 13.2 Å². The number of rotatable bonds is 2. The van der Waals surface area contributed by atoms with Gasteiger partial charge in [0.05, 0.1) is 16.9 Å². The normalized spacial score (nSPS) is 11.2. The summed E-state index contributed by atoms with van der Waals surface area (Å²) in [4.78, 5) is 15.6. The van der Waals surface area contributed by atoms with Crippen LogP contribution in [0.2, 0.25) is 0 Å². The number of anilines is 2. The number of amides is 1. The Morgan fingerprint density at radius 2 is 1.80 bits per heavy atom. The lowest BCUT2D eigenvalue weighted by atomic mass is 10.1. The van der Waals surface area contributed by atoms with Gasteiger partial charge in [0.15, 0.2) is 0 Å². The molecule has 0 aliphatic heterocycles. The van der Waals surface area contributed by atoms with E-state index in [1.54, 1.807) is 0 Å². The van der Waals surface area contributed by atoms with Crippen LogP contribution in [0, 0.1) is 0 Å². The zero-order valence-electron chi connectivity index (χ0n) is 10.1. The van der Waals surface area contributed by atoms with Gasteiger partial charge in [0.1, 0.15) is 0 Å². The van der Waals surface area contributed by atoms with Crippen LogP contribution < -0.4 is 11.1 Å². The number of pyridine rings is 1. The summed E-state index contributed by atoms with van der Waals surface area (Å²) < 4.78 is 37.4. The van der Waals surface area contributed by atoms with E-state index >= 15 is 0 Å². The molecular weight excluding hydrogens is 271 g/mol. The number of hydrogen-bond acceptors (Lipinski definition) is 3. The second-order valence-electron chi connectivity index (χ2n) is 3.99. The summed E-state index contributed by atoms with van der Waals surface area (Å²) in [6.07, 6.45) is -1.60. The molecule has 0 saturated carbocycles. The highest BCUT2D eigenvalue weighted by Gasteiger charge is 2.30. The highest BCUT2D eigenvalue weighted by molar-refractivity contribution is 6.05. The van der Waals surface area contributed by atoms with Gasteiger partial charge < -0.3 is 11.1 Å². The molecule has 0 saturated heterocycles. The Labute approximate surface area is 112 Å². The highest BCUT2D eigenvalue weighted by Crippen LogP contribution is 2.32. The van der Waals surface area contributed by atoms with E-state index in [0.29, 0.717) is 5.56 Å². The second-order valence-corrected chi connectivity index (χ2v) is 3.99. The summed E-state index contributed by atoms with van der Waals surface area (Å²) >= 11 is 0. The van der Waals surface area contributed by atoms with Gasteiger partial charge in [0.25, 0.3) is 5.91 Å². The maximum Gasteiger partial charge on any atom is 0.416 e. The van der Waals surface area contributed by atoms with Crippen LogP contribution in [0.4, 0.5) is 24.5 Å². The topological polar surface area (TPSA) is 68.0 Å². The van der Waals surface area contributed by atoms with Crippen molar-refractivity contribution in [2.45, 2.75) is 6.18 Å². The number of benzene rings is 1. The lowest BCUT2D eigenvalue weighted by Crippen LogP contribution is -2.14. The summed E-state index contributed by atoms with van der Waals surface area (Å²) in [5.74, 6) is -0.473. The maximum atomic E-state index is 12.5. The highest BCUT2D eigenvalue weighted by atomic mass is 19.4. The summed E-state index contributed by atoms with van der Waals surface area (Å²) in [6, 6.07) is 5.73. The quantitative estimate of drug-likeness (QED) is 0.832. The first kappa shape index (κ1) is 13.9. The number of carbonyl (C=O) groups excluding carboxylic acids is 1. The van der Waals surface area contributed by atoms with Gasteiger partial charge in [-0.3, -0.25) is 9.78 Å². The van der Waals surface area contributed by atoms with Gasteiger partial charge >= 0.3 is 6.18 Å². The van der Waals surface area contributed by atoms with Crippen molar-refractivity contribution in [3.8, 4) is 0 Å². The molecule has 2 aromatic rings. The molecule has 20 heavy (non-hydrogen) atoms. The third-order valence-corrected chi connectivity index (χ3v) is 2.57. The average molecular weight is 281 g/mol. The van der Waals surface area contributed by atoms with Gasteiger partial charge in [0, 0.05) is 18.0 Å².